The standard InChI is InChI=1S/C10H10O2S/c1-5-4-8-9(10(11)12-5)6(2)7(3)13-8/h4H,1-3H3. The molecule has 0 aliphatic heterocycles. The lowest BCUT2D eigenvalue weighted by atomic mass is 10.2. The van der Waals surface area contributed by atoms with Crippen molar-refractivity contribution in [3.05, 3.63) is 32.7 Å². The Kier molecular flexibility index (Phi) is 1.77. The molecule has 2 nitrogen and oxygen atoms in total. The summed E-state index contributed by atoms with van der Waals surface area (Å²) in [6.45, 7) is 5.78. The molecule has 2 rings (SSSR count). The van der Waals surface area contributed by atoms with Crippen molar-refractivity contribution in [2.24, 2.45) is 0 Å². The quantitative estimate of drug-likeness (QED) is 0.645. The van der Waals surface area contributed by atoms with Gasteiger partial charge in [-0.25, -0.2) is 4.79 Å². The van der Waals surface area contributed by atoms with E-state index in [1.54, 1.807) is 18.3 Å². The van der Waals surface area contributed by atoms with E-state index in [0.29, 0.717) is 5.76 Å². The summed E-state index contributed by atoms with van der Waals surface area (Å²) >= 11 is 1.65. The Morgan fingerprint density at radius 1 is 1.31 bits per heavy atom. The van der Waals surface area contributed by atoms with Gasteiger partial charge in [-0.05, 0) is 32.4 Å². The second-order valence-corrected chi connectivity index (χ2v) is 4.42. The van der Waals surface area contributed by atoms with Crippen molar-refractivity contribution in [2.45, 2.75) is 20.8 Å². The Labute approximate surface area is 79.8 Å². The van der Waals surface area contributed by atoms with Gasteiger partial charge in [0, 0.05) is 9.58 Å². The first-order valence-electron chi connectivity index (χ1n) is 4.10. The predicted molar refractivity (Wildman–Crippen MR) is 54.6 cm³/mol. The van der Waals surface area contributed by atoms with Gasteiger partial charge in [0.15, 0.2) is 0 Å². The molecule has 2 aromatic rings. The lowest BCUT2D eigenvalue weighted by Crippen LogP contribution is -1.99. The zero-order chi connectivity index (χ0) is 9.59. The van der Waals surface area contributed by atoms with Gasteiger partial charge in [0.2, 0.25) is 0 Å². The fourth-order valence-electron chi connectivity index (χ4n) is 1.42. The third-order valence-electron chi connectivity index (χ3n) is 2.20. The molecule has 0 spiro atoms. The molecule has 0 saturated carbocycles. The lowest BCUT2D eigenvalue weighted by Gasteiger charge is -1.91. The summed E-state index contributed by atoms with van der Waals surface area (Å²) < 4.78 is 6.07. The van der Waals surface area contributed by atoms with Gasteiger partial charge in [-0.15, -0.1) is 11.3 Å². The monoisotopic (exact) mass is 194 g/mol. The molecule has 68 valence electrons. The summed E-state index contributed by atoms with van der Waals surface area (Å²) in [5.41, 5.74) is 0.839. The molecule has 0 saturated heterocycles. The zero-order valence-electron chi connectivity index (χ0n) is 7.80. The van der Waals surface area contributed by atoms with E-state index in [4.69, 9.17) is 4.42 Å². The van der Waals surface area contributed by atoms with Crippen LogP contribution in [0.5, 0.6) is 0 Å². The largest absolute Gasteiger partial charge is 0.428 e. The smallest absolute Gasteiger partial charge is 0.344 e. The minimum absolute atomic E-state index is 0.211. The Morgan fingerprint density at radius 2 is 2.00 bits per heavy atom. The van der Waals surface area contributed by atoms with Crippen LogP contribution in [0.4, 0.5) is 0 Å². The van der Waals surface area contributed by atoms with E-state index in [-0.39, 0.29) is 5.63 Å². The van der Waals surface area contributed by atoms with E-state index in [9.17, 15) is 4.79 Å². The summed E-state index contributed by atoms with van der Waals surface area (Å²) in [5, 5.41) is 0.744. The first-order valence-corrected chi connectivity index (χ1v) is 4.91. The number of aryl methyl sites for hydroxylation is 3. The maximum atomic E-state index is 11.5. The second kappa shape index (κ2) is 2.70. The second-order valence-electron chi connectivity index (χ2n) is 3.17. The molecular formula is C10H10O2S. The summed E-state index contributed by atoms with van der Waals surface area (Å²) in [7, 11) is 0. The molecular weight excluding hydrogens is 184 g/mol. The lowest BCUT2D eigenvalue weighted by molar-refractivity contribution is 0.488. The van der Waals surface area contributed by atoms with Crippen molar-refractivity contribution in [3.8, 4) is 0 Å². The zero-order valence-corrected chi connectivity index (χ0v) is 8.62. The van der Waals surface area contributed by atoms with Crippen LogP contribution in [-0.2, 0) is 0 Å². The van der Waals surface area contributed by atoms with Crippen LogP contribution in [0.1, 0.15) is 16.2 Å². The summed E-state index contributed by atoms with van der Waals surface area (Å²) in [4.78, 5) is 12.7. The molecule has 0 aliphatic carbocycles. The molecule has 0 atom stereocenters. The number of hydrogen-bond donors (Lipinski definition) is 0. The highest BCUT2D eigenvalue weighted by Gasteiger charge is 2.09. The number of thiophene rings is 1. The molecule has 0 radical (unpaired) electrons. The van der Waals surface area contributed by atoms with Gasteiger partial charge >= 0.3 is 5.63 Å². The van der Waals surface area contributed by atoms with Gasteiger partial charge in [0.25, 0.3) is 0 Å². The first kappa shape index (κ1) is 8.51. The molecule has 13 heavy (non-hydrogen) atoms. The summed E-state index contributed by atoms with van der Waals surface area (Å²) in [5.74, 6) is 0.679. The summed E-state index contributed by atoms with van der Waals surface area (Å²) in [6, 6.07) is 1.92. The minimum Gasteiger partial charge on any atom is -0.428 e. The van der Waals surface area contributed by atoms with Gasteiger partial charge in [-0.3, -0.25) is 0 Å². The number of rotatable bonds is 0. The Balaban J connectivity index is 3.03. The number of fused-ring (bicyclic) bond motifs is 1. The van der Waals surface area contributed by atoms with Gasteiger partial charge in [-0.2, -0.15) is 0 Å². The van der Waals surface area contributed by atoms with Crippen LogP contribution in [0.15, 0.2) is 15.3 Å². The molecule has 0 amide bonds. The average molecular weight is 194 g/mol. The maximum absolute atomic E-state index is 11.5. The normalized spacial score (nSPS) is 11.0. The average Bonchev–Trinajstić information content (AvgIpc) is 2.27. The van der Waals surface area contributed by atoms with Crippen molar-refractivity contribution in [1.29, 1.82) is 0 Å². The van der Waals surface area contributed by atoms with E-state index in [2.05, 4.69) is 0 Å². The number of hydrogen-bond acceptors (Lipinski definition) is 3. The van der Waals surface area contributed by atoms with Crippen molar-refractivity contribution in [3.63, 3.8) is 0 Å². The van der Waals surface area contributed by atoms with Crippen LogP contribution >= 0.6 is 11.3 Å². The van der Waals surface area contributed by atoms with Crippen LogP contribution in [0.25, 0.3) is 10.1 Å². The molecule has 2 heterocycles. The Hall–Kier alpha value is -1.09. The molecule has 0 aromatic carbocycles. The first-order chi connectivity index (χ1) is 6.09. The highest BCUT2D eigenvalue weighted by molar-refractivity contribution is 7.19. The van der Waals surface area contributed by atoms with Crippen molar-refractivity contribution in [1.82, 2.24) is 0 Å². The predicted octanol–water partition coefficient (Wildman–Crippen LogP) is 2.78. The van der Waals surface area contributed by atoms with Gasteiger partial charge in [0.05, 0.1) is 5.39 Å². The SMILES string of the molecule is Cc1cc2sc(C)c(C)c2c(=O)o1. The topological polar surface area (TPSA) is 30.2 Å². The summed E-state index contributed by atoms with van der Waals surface area (Å²) in [6.07, 6.45) is 0. The third-order valence-corrected chi connectivity index (χ3v) is 3.36. The van der Waals surface area contributed by atoms with Crippen LogP contribution in [0, 0.1) is 20.8 Å². The molecule has 2 aromatic heterocycles. The molecule has 0 bridgehead atoms. The van der Waals surface area contributed by atoms with Crippen LogP contribution in [0.3, 0.4) is 0 Å². The van der Waals surface area contributed by atoms with E-state index in [1.807, 2.05) is 19.9 Å². The van der Waals surface area contributed by atoms with Crippen molar-refractivity contribution >= 4 is 21.4 Å². The highest BCUT2D eigenvalue weighted by atomic mass is 32.1. The maximum Gasteiger partial charge on any atom is 0.344 e. The van der Waals surface area contributed by atoms with Gasteiger partial charge in [-0.1, -0.05) is 0 Å². The molecule has 0 fully saturated rings. The van der Waals surface area contributed by atoms with Crippen molar-refractivity contribution in [2.75, 3.05) is 0 Å². The molecule has 0 unspecified atom stereocenters. The van der Waals surface area contributed by atoms with E-state index in [1.165, 1.54) is 4.88 Å². The fraction of sp³-hybridized carbons (Fsp3) is 0.300. The molecule has 0 aliphatic rings. The van der Waals surface area contributed by atoms with Gasteiger partial charge < -0.3 is 4.42 Å². The van der Waals surface area contributed by atoms with E-state index >= 15 is 0 Å². The Bertz CT molecular complexity index is 519. The minimum atomic E-state index is -0.211. The van der Waals surface area contributed by atoms with Crippen LogP contribution in [-0.4, -0.2) is 0 Å². The van der Waals surface area contributed by atoms with Crippen LogP contribution < -0.4 is 5.63 Å². The van der Waals surface area contributed by atoms with Crippen molar-refractivity contribution < 1.29 is 4.42 Å². The fourth-order valence-corrected chi connectivity index (χ4v) is 2.57. The van der Waals surface area contributed by atoms with E-state index in [0.717, 1.165) is 15.6 Å². The van der Waals surface area contributed by atoms with Crippen LogP contribution in [0.2, 0.25) is 0 Å². The molecule has 0 N–H and O–H groups in total. The van der Waals surface area contributed by atoms with Gasteiger partial charge in [0.1, 0.15) is 5.76 Å². The third kappa shape index (κ3) is 1.20. The molecule has 3 heteroatoms. The van der Waals surface area contributed by atoms with E-state index < -0.39 is 0 Å². The Morgan fingerprint density at radius 3 is 2.69 bits per heavy atom. The highest BCUT2D eigenvalue weighted by Crippen LogP contribution is 2.27.